The minimum atomic E-state index is -0.643. The predicted molar refractivity (Wildman–Crippen MR) is 109 cm³/mol. The standard InChI is InChI=1S/C22H18ClN3O2/c1-26-20-7-6-17(23)13-18(20)21(27)25-19(22(26)28)12-14-2-4-15(5-3-14)16-8-10-24-11-9-16/h2-11,13,19H,12H2,1H3,(H,25,27)/t19-/m1/s1. The lowest BCUT2D eigenvalue weighted by Gasteiger charge is -2.21. The van der Waals surface area contributed by atoms with E-state index in [0.29, 0.717) is 22.7 Å². The van der Waals surface area contributed by atoms with E-state index in [-0.39, 0.29) is 11.8 Å². The van der Waals surface area contributed by atoms with Gasteiger partial charge in [0.1, 0.15) is 6.04 Å². The van der Waals surface area contributed by atoms with Crippen LogP contribution in [0.1, 0.15) is 15.9 Å². The lowest BCUT2D eigenvalue weighted by atomic mass is 10.0. The molecule has 1 atom stereocenters. The van der Waals surface area contributed by atoms with Gasteiger partial charge in [0.15, 0.2) is 0 Å². The number of rotatable bonds is 3. The Bertz CT molecular complexity index is 1040. The molecule has 0 fully saturated rings. The molecular weight excluding hydrogens is 374 g/mol. The highest BCUT2D eigenvalue weighted by Crippen LogP contribution is 2.27. The molecule has 0 unspecified atom stereocenters. The van der Waals surface area contributed by atoms with Crippen LogP contribution in [0.5, 0.6) is 0 Å². The van der Waals surface area contributed by atoms with Crippen LogP contribution in [0.15, 0.2) is 67.0 Å². The van der Waals surface area contributed by atoms with Gasteiger partial charge in [0.05, 0.1) is 11.3 Å². The Labute approximate surface area is 168 Å². The lowest BCUT2D eigenvalue weighted by Crippen LogP contribution is -2.45. The first kappa shape index (κ1) is 18.2. The van der Waals surface area contributed by atoms with Gasteiger partial charge in [-0.3, -0.25) is 14.6 Å². The van der Waals surface area contributed by atoms with Crippen LogP contribution in [0.25, 0.3) is 11.1 Å². The number of carbonyl (C=O) groups excluding carboxylic acids is 2. The van der Waals surface area contributed by atoms with Crippen molar-refractivity contribution < 1.29 is 9.59 Å². The van der Waals surface area contributed by atoms with E-state index in [0.717, 1.165) is 16.7 Å². The summed E-state index contributed by atoms with van der Waals surface area (Å²) < 4.78 is 0. The Morgan fingerprint density at radius 2 is 1.68 bits per heavy atom. The fraction of sp³-hybridized carbons (Fsp3) is 0.136. The van der Waals surface area contributed by atoms with Gasteiger partial charge < -0.3 is 10.2 Å². The normalized spacial score (nSPS) is 16.4. The van der Waals surface area contributed by atoms with Crippen LogP contribution in [0.3, 0.4) is 0 Å². The SMILES string of the molecule is CN1C(=O)[C@@H](Cc2ccc(-c3ccncc3)cc2)NC(=O)c2cc(Cl)ccc21. The molecule has 3 aromatic rings. The number of nitrogens with zero attached hydrogens (tertiary/aromatic N) is 2. The van der Waals surface area contributed by atoms with Crippen LogP contribution < -0.4 is 10.2 Å². The number of nitrogens with one attached hydrogen (secondary N) is 1. The average molecular weight is 392 g/mol. The molecule has 1 aliphatic rings. The molecule has 28 heavy (non-hydrogen) atoms. The first-order chi connectivity index (χ1) is 13.5. The summed E-state index contributed by atoms with van der Waals surface area (Å²) >= 11 is 6.02. The molecule has 2 heterocycles. The highest BCUT2D eigenvalue weighted by atomic mass is 35.5. The van der Waals surface area contributed by atoms with Crippen molar-refractivity contribution in [3.8, 4) is 11.1 Å². The van der Waals surface area contributed by atoms with E-state index in [2.05, 4.69) is 10.3 Å². The summed E-state index contributed by atoms with van der Waals surface area (Å²) in [7, 11) is 1.68. The average Bonchev–Trinajstić information content (AvgIpc) is 2.80. The Balaban J connectivity index is 1.57. The second kappa shape index (κ2) is 7.44. The van der Waals surface area contributed by atoms with Gasteiger partial charge in [-0.05, 0) is 47.0 Å². The fourth-order valence-electron chi connectivity index (χ4n) is 3.38. The van der Waals surface area contributed by atoms with Crippen LogP contribution >= 0.6 is 11.6 Å². The Morgan fingerprint density at radius 1 is 1.00 bits per heavy atom. The van der Waals surface area contributed by atoms with Crippen LogP contribution in [0, 0.1) is 0 Å². The lowest BCUT2D eigenvalue weighted by molar-refractivity contribution is -0.120. The van der Waals surface area contributed by atoms with Crippen molar-refractivity contribution >= 4 is 29.1 Å². The zero-order chi connectivity index (χ0) is 19.7. The first-order valence-corrected chi connectivity index (χ1v) is 9.28. The van der Waals surface area contributed by atoms with Gasteiger partial charge in [-0.1, -0.05) is 35.9 Å². The largest absolute Gasteiger partial charge is 0.340 e. The van der Waals surface area contributed by atoms with Gasteiger partial charge in [0, 0.05) is 30.9 Å². The number of aromatic nitrogens is 1. The first-order valence-electron chi connectivity index (χ1n) is 8.90. The van der Waals surface area contributed by atoms with Crippen molar-refractivity contribution in [3.63, 3.8) is 0 Å². The summed E-state index contributed by atoms with van der Waals surface area (Å²) in [6.45, 7) is 0. The van der Waals surface area contributed by atoms with E-state index in [9.17, 15) is 9.59 Å². The Morgan fingerprint density at radius 3 is 2.39 bits per heavy atom. The van der Waals surface area contributed by atoms with Crippen molar-refractivity contribution in [1.82, 2.24) is 10.3 Å². The molecule has 0 saturated heterocycles. The third kappa shape index (κ3) is 3.49. The maximum Gasteiger partial charge on any atom is 0.254 e. The molecule has 0 bridgehead atoms. The molecular formula is C22H18ClN3O2. The smallest absolute Gasteiger partial charge is 0.254 e. The second-order valence-corrected chi connectivity index (χ2v) is 7.16. The number of fused-ring (bicyclic) bond motifs is 1. The quantitative estimate of drug-likeness (QED) is 0.740. The van der Waals surface area contributed by atoms with Crippen LogP contribution in [-0.4, -0.2) is 29.9 Å². The highest BCUT2D eigenvalue weighted by Gasteiger charge is 2.31. The van der Waals surface area contributed by atoms with E-state index in [1.807, 2.05) is 36.4 Å². The van der Waals surface area contributed by atoms with E-state index < -0.39 is 6.04 Å². The minimum absolute atomic E-state index is 0.160. The maximum atomic E-state index is 12.9. The molecule has 0 aliphatic carbocycles. The van der Waals surface area contributed by atoms with Crippen LogP contribution in [0.2, 0.25) is 5.02 Å². The molecule has 6 heteroatoms. The summed E-state index contributed by atoms with van der Waals surface area (Å²) in [6.07, 6.45) is 3.92. The number of pyridine rings is 1. The minimum Gasteiger partial charge on any atom is -0.340 e. The van der Waals surface area contributed by atoms with Gasteiger partial charge in [-0.2, -0.15) is 0 Å². The summed E-state index contributed by atoms with van der Waals surface area (Å²) in [6, 6.07) is 16.2. The molecule has 0 radical (unpaired) electrons. The number of anilines is 1. The van der Waals surface area contributed by atoms with Crippen LogP contribution in [0.4, 0.5) is 5.69 Å². The van der Waals surface area contributed by atoms with E-state index in [1.165, 1.54) is 4.90 Å². The third-order valence-electron chi connectivity index (χ3n) is 4.91. The van der Waals surface area contributed by atoms with Gasteiger partial charge in [-0.15, -0.1) is 0 Å². The van der Waals surface area contributed by atoms with Gasteiger partial charge in [0.2, 0.25) is 5.91 Å². The van der Waals surface area contributed by atoms with Crippen LogP contribution in [-0.2, 0) is 11.2 Å². The molecule has 0 spiro atoms. The number of halogens is 1. The van der Waals surface area contributed by atoms with E-state index >= 15 is 0 Å². The second-order valence-electron chi connectivity index (χ2n) is 6.72. The molecule has 4 rings (SSSR count). The van der Waals surface area contributed by atoms with Gasteiger partial charge in [0.25, 0.3) is 5.91 Å². The van der Waals surface area contributed by atoms with Crippen molar-refractivity contribution in [2.45, 2.75) is 12.5 Å². The fourth-order valence-corrected chi connectivity index (χ4v) is 3.56. The Hall–Kier alpha value is -3.18. The number of carbonyl (C=O) groups is 2. The molecule has 1 aliphatic heterocycles. The number of hydrogen-bond acceptors (Lipinski definition) is 3. The summed E-state index contributed by atoms with van der Waals surface area (Å²) in [5.74, 6) is -0.457. The molecule has 2 aromatic carbocycles. The zero-order valence-electron chi connectivity index (χ0n) is 15.2. The molecule has 0 saturated carbocycles. The third-order valence-corrected chi connectivity index (χ3v) is 5.14. The predicted octanol–water partition coefficient (Wildman–Crippen LogP) is 3.72. The molecule has 1 N–H and O–H groups in total. The summed E-state index contributed by atoms with van der Waals surface area (Å²) in [4.78, 5) is 31.1. The number of hydrogen-bond donors (Lipinski definition) is 1. The molecule has 140 valence electrons. The van der Waals surface area contributed by atoms with Gasteiger partial charge in [-0.25, -0.2) is 0 Å². The van der Waals surface area contributed by atoms with Crippen molar-refractivity contribution in [2.75, 3.05) is 11.9 Å². The van der Waals surface area contributed by atoms with Crippen molar-refractivity contribution in [3.05, 3.63) is 83.1 Å². The Kier molecular flexibility index (Phi) is 4.84. The highest BCUT2D eigenvalue weighted by molar-refractivity contribution is 6.31. The van der Waals surface area contributed by atoms with E-state index in [1.54, 1.807) is 37.6 Å². The molecule has 2 amide bonds. The monoisotopic (exact) mass is 391 g/mol. The summed E-state index contributed by atoms with van der Waals surface area (Å²) in [5.41, 5.74) is 4.07. The number of likely N-dealkylation sites (N-methyl/N-ethyl adjacent to an activating group) is 1. The van der Waals surface area contributed by atoms with E-state index in [4.69, 9.17) is 11.6 Å². The number of amides is 2. The topological polar surface area (TPSA) is 62.3 Å². The maximum absolute atomic E-state index is 12.9. The molecule has 5 nitrogen and oxygen atoms in total. The van der Waals surface area contributed by atoms with Crippen molar-refractivity contribution in [2.24, 2.45) is 0 Å². The molecule has 1 aromatic heterocycles. The van der Waals surface area contributed by atoms with Gasteiger partial charge >= 0.3 is 0 Å². The number of benzene rings is 2. The summed E-state index contributed by atoms with van der Waals surface area (Å²) in [5, 5.41) is 3.30. The zero-order valence-corrected chi connectivity index (χ0v) is 16.0. The van der Waals surface area contributed by atoms with Crippen molar-refractivity contribution in [1.29, 1.82) is 0 Å².